The summed E-state index contributed by atoms with van der Waals surface area (Å²) >= 11 is 0. The quantitative estimate of drug-likeness (QED) is 0.488. The first-order chi connectivity index (χ1) is 14.4. The van der Waals surface area contributed by atoms with Crippen LogP contribution >= 0.6 is 0 Å². The lowest BCUT2D eigenvalue weighted by Crippen LogP contribution is -2.35. The predicted molar refractivity (Wildman–Crippen MR) is 138 cm³/mol. The van der Waals surface area contributed by atoms with Crippen molar-refractivity contribution in [3.05, 3.63) is 35.4 Å². The van der Waals surface area contributed by atoms with E-state index in [9.17, 15) is 9.59 Å². The summed E-state index contributed by atoms with van der Waals surface area (Å²) < 4.78 is 0. The molecule has 0 aliphatic heterocycles. The first kappa shape index (κ1) is 32.3. The Morgan fingerprint density at radius 2 is 1.25 bits per heavy atom. The van der Waals surface area contributed by atoms with Crippen LogP contribution in [0.1, 0.15) is 112 Å². The van der Waals surface area contributed by atoms with Crippen molar-refractivity contribution >= 4 is 11.9 Å². The number of rotatable bonds is 6. The average Bonchev–Trinajstić information content (AvgIpc) is 2.72. The van der Waals surface area contributed by atoms with E-state index in [0.717, 1.165) is 6.42 Å². The minimum atomic E-state index is -0.722. The molecule has 4 nitrogen and oxygen atoms in total. The molecule has 0 spiro atoms. The zero-order chi connectivity index (χ0) is 25.9. The van der Waals surface area contributed by atoms with Crippen molar-refractivity contribution in [3.8, 4) is 0 Å². The normalized spacial score (nSPS) is 12.5. The molecular weight excluding hydrogens is 398 g/mol. The topological polar surface area (TPSA) is 57.6 Å². The summed E-state index contributed by atoms with van der Waals surface area (Å²) in [4.78, 5) is 23.2. The zero-order valence-corrected chi connectivity index (χ0v) is 23.2. The third-order valence-corrected chi connectivity index (χ3v) is 6.29. The third-order valence-electron chi connectivity index (χ3n) is 6.29. The van der Waals surface area contributed by atoms with E-state index in [4.69, 9.17) is 5.11 Å². The Hall–Kier alpha value is -1.84. The van der Waals surface area contributed by atoms with Crippen molar-refractivity contribution in [2.24, 2.45) is 10.8 Å². The molecule has 0 bridgehead atoms. The number of aliphatic carboxylic acids is 1. The van der Waals surface area contributed by atoms with Crippen molar-refractivity contribution in [2.75, 3.05) is 14.1 Å². The van der Waals surface area contributed by atoms with Crippen molar-refractivity contribution < 1.29 is 14.7 Å². The van der Waals surface area contributed by atoms with Crippen molar-refractivity contribution in [3.63, 3.8) is 0 Å². The second-order valence-corrected chi connectivity index (χ2v) is 11.2. The summed E-state index contributed by atoms with van der Waals surface area (Å²) in [7, 11) is 3.58. The zero-order valence-electron chi connectivity index (χ0n) is 23.2. The smallest absolute Gasteiger partial charge is 0.309 e. The van der Waals surface area contributed by atoms with Crippen LogP contribution in [-0.2, 0) is 15.0 Å². The molecule has 1 N–H and O–H groups in total. The summed E-state index contributed by atoms with van der Waals surface area (Å²) in [6.07, 6.45) is 2.79. The highest BCUT2D eigenvalue weighted by atomic mass is 16.4. The second-order valence-electron chi connectivity index (χ2n) is 11.2. The van der Waals surface area contributed by atoms with Crippen molar-refractivity contribution in [2.45, 2.75) is 107 Å². The molecule has 0 radical (unpaired) electrons. The summed E-state index contributed by atoms with van der Waals surface area (Å²) in [6.45, 7) is 22.6. The maximum atomic E-state index is 11.3. The van der Waals surface area contributed by atoms with E-state index in [2.05, 4.69) is 58.9 Å². The number of hydrogen-bond acceptors (Lipinski definition) is 2. The SMILES string of the molecule is CCC(C)(C)C(=O)N(C)C.CCC(C)(C)C(=O)O.CCC(C)c1ccc(C(C)(C)C)cc1. The van der Waals surface area contributed by atoms with Crippen LogP contribution < -0.4 is 0 Å². The highest BCUT2D eigenvalue weighted by molar-refractivity contribution is 5.81. The third kappa shape index (κ3) is 11.7. The number of carboxylic acids is 1. The maximum Gasteiger partial charge on any atom is 0.309 e. The number of carboxylic acid groups (broad SMARTS) is 1. The number of benzene rings is 1. The molecule has 0 saturated carbocycles. The van der Waals surface area contributed by atoms with Crippen LogP contribution in [0, 0.1) is 10.8 Å². The summed E-state index contributed by atoms with van der Waals surface area (Å²) in [5, 5.41) is 8.44. The maximum absolute atomic E-state index is 11.3. The van der Waals surface area contributed by atoms with E-state index in [1.807, 2.05) is 27.7 Å². The molecule has 1 amide bonds. The number of carbonyl (C=O) groups is 2. The van der Waals surface area contributed by atoms with E-state index >= 15 is 0 Å². The molecule has 0 fully saturated rings. The fraction of sp³-hybridized carbons (Fsp3) is 0.714. The second kappa shape index (κ2) is 13.6. The first-order valence-electron chi connectivity index (χ1n) is 11.9. The molecule has 0 saturated heterocycles. The van der Waals surface area contributed by atoms with Crippen LogP contribution in [0.25, 0.3) is 0 Å². The molecule has 1 aromatic rings. The molecule has 0 heterocycles. The molecule has 32 heavy (non-hydrogen) atoms. The molecule has 1 unspecified atom stereocenters. The summed E-state index contributed by atoms with van der Waals surface area (Å²) in [5.74, 6) is 0.166. The van der Waals surface area contributed by atoms with Gasteiger partial charge in [-0.05, 0) is 55.6 Å². The fourth-order valence-electron chi connectivity index (χ4n) is 2.46. The predicted octanol–water partition coefficient (Wildman–Crippen LogP) is 7.52. The largest absolute Gasteiger partial charge is 0.481 e. The van der Waals surface area contributed by atoms with Gasteiger partial charge in [-0.25, -0.2) is 0 Å². The molecule has 4 heteroatoms. The Morgan fingerprint density at radius 3 is 1.44 bits per heavy atom. The molecular formula is C28H51NO3. The minimum absolute atomic E-state index is 0.191. The van der Waals surface area contributed by atoms with Gasteiger partial charge in [-0.3, -0.25) is 9.59 Å². The molecule has 1 aromatic carbocycles. The Balaban J connectivity index is 0. The Labute approximate surface area is 198 Å². The highest BCUT2D eigenvalue weighted by Gasteiger charge is 2.26. The Kier molecular flexibility index (Phi) is 13.8. The van der Waals surface area contributed by atoms with Gasteiger partial charge in [0, 0.05) is 19.5 Å². The average molecular weight is 450 g/mol. The van der Waals surface area contributed by atoms with Crippen LogP contribution in [0.4, 0.5) is 0 Å². The van der Waals surface area contributed by atoms with E-state index in [-0.39, 0.29) is 16.7 Å². The molecule has 1 atom stereocenters. The number of nitrogens with zero attached hydrogens (tertiary/aromatic N) is 1. The van der Waals surface area contributed by atoms with E-state index < -0.39 is 11.4 Å². The lowest BCUT2D eigenvalue weighted by molar-refractivity contribution is -0.147. The Morgan fingerprint density at radius 1 is 0.844 bits per heavy atom. The monoisotopic (exact) mass is 449 g/mol. The van der Waals surface area contributed by atoms with Gasteiger partial charge in [-0.15, -0.1) is 0 Å². The van der Waals surface area contributed by atoms with Gasteiger partial charge in [0.05, 0.1) is 5.41 Å². The van der Waals surface area contributed by atoms with Crippen LogP contribution in [0.5, 0.6) is 0 Å². The Bertz CT molecular complexity index is 680. The van der Waals surface area contributed by atoms with Gasteiger partial charge in [-0.1, -0.05) is 86.6 Å². The number of amides is 1. The van der Waals surface area contributed by atoms with E-state index in [0.29, 0.717) is 12.3 Å². The van der Waals surface area contributed by atoms with Gasteiger partial charge in [-0.2, -0.15) is 0 Å². The van der Waals surface area contributed by atoms with Gasteiger partial charge < -0.3 is 10.0 Å². The molecule has 1 rings (SSSR count). The summed E-state index contributed by atoms with van der Waals surface area (Å²) in [5.41, 5.74) is 2.42. The van der Waals surface area contributed by atoms with Gasteiger partial charge in [0.15, 0.2) is 0 Å². The molecule has 0 aliphatic rings. The molecule has 0 aliphatic carbocycles. The molecule has 186 valence electrons. The van der Waals surface area contributed by atoms with E-state index in [1.165, 1.54) is 17.5 Å². The standard InChI is InChI=1S/C14H22.C8H17NO.C6H12O2/c1-6-11(2)12-7-9-13(10-8-12)14(3,4)5;1-6-8(2,3)7(10)9(4)5;1-4-6(2,3)5(7)8/h7-11H,6H2,1-5H3;6H2,1-5H3;4H2,1-3H3,(H,7,8). The van der Waals surface area contributed by atoms with Crippen molar-refractivity contribution in [1.29, 1.82) is 0 Å². The van der Waals surface area contributed by atoms with Crippen LogP contribution in [-0.4, -0.2) is 36.0 Å². The fourth-order valence-corrected chi connectivity index (χ4v) is 2.46. The van der Waals surface area contributed by atoms with Gasteiger partial charge in [0.25, 0.3) is 0 Å². The minimum Gasteiger partial charge on any atom is -0.481 e. The summed E-state index contributed by atoms with van der Waals surface area (Å²) in [6, 6.07) is 9.08. The van der Waals surface area contributed by atoms with E-state index in [1.54, 1.807) is 32.8 Å². The first-order valence-corrected chi connectivity index (χ1v) is 11.9. The number of carbonyl (C=O) groups excluding carboxylic acids is 1. The van der Waals surface area contributed by atoms with Crippen LogP contribution in [0.3, 0.4) is 0 Å². The van der Waals surface area contributed by atoms with Gasteiger partial charge in [0.1, 0.15) is 0 Å². The van der Waals surface area contributed by atoms with Gasteiger partial charge >= 0.3 is 5.97 Å². The van der Waals surface area contributed by atoms with Crippen molar-refractivity contribution in [1.82, 2.24) is 4.90 Å². The van der Waals surface area contributed by atoms with Crippen LogP contribution in [0.15, 0.2) is 24.3 Å². The molecule has 0 aromatic heterocycles. The highest BCUT2D eigenvalue weighted by Crippen LogP contribution is 2.25. The van der Waals surface area contributed by atoms with Gasteiger partial charge in [0.2, 0.25) is 5.91 Å². The lowest BCUT2D eigenvalue weighted by atomic mass is 9.85. The lowest BCUT2D eigenvalue weighted by Gasteiger charge is -2.25. The van der Waals surface area contributed by atoms with Crippen LogP contribution in [0.2, 0.25) is 0 Å². The number of hydrogen-bond donors (Lipinski definition) is 1.